The summed E-state index contributed by atoms with van der Waals surface area (Å²) in [5.74, 6) is 1.49. The Bertz CT molecular complexity index is 363. The summed E-state index contributed by atoms with van der Waals surface area (Å²) in [6.45, 7) is 4.56. The van der Waals surface area contributed by atoms with Gasteiger partial charge >= 0.3 is 0 Å². The molecule has 2 heterocycles. The van der Waals surface area contributed by atoms with E-state index in [1.54, 1.807) is 6.07 Å². The normalized spacial score (nSPS) is 22.5. The molecule has 1 fully saturated rings. The van der Waals surface area contributed by atoms with Crippen molar-refractivity contribution in [3.8, 4) is 0 Å². The molecule has 0 amide bonds. The van der Waals surface area contributed by atoms with E-state index in [4.69, 9.17) is 11.6 Å². The van der Waals surface area contributed by atoms with Crippen LogP contribution in [0.4, 0.5) is 5.82 Å². The van der Waals surface area contributed by atoms with Gasteiger partial charge in [-0.3, -0.25) is 0 Å². The Kier molecular flexibility index (Phi) is 3.30. The molecule has 1 N–H and O–H groups in total. The summed E-state index contributed by atoms with van der Waals surface area (Å²) in [7, 11) is 0. The maximum absolute atomic E-state index is 9.70. The zero-order chi connectivity index (χ0) is 11.7. The van der Waals surface area contributed by atoms with E-state index in [0.717, 1.165) is 25.2 Å². The second kappa shape index (κ2) is 4.55. The maximum atomic E-state index is 9.70. The summed E-state index contributed by atoms with van der Waals surface area (Å²) in [5.41, 5.74) is 0. The van der Waals surface area contributed by atoms with Gasteiger partial charge in [-0.2, -0.15) is 0 Å². The Morgan fingerprint density at radius 3 is 2.94 bits per heavy atom. The van der Waals surface area contributed by atoms with Gasteiger partial charge in [0.15, 0.2) is 0 Å². The Labute approximate surface area is 100 Å². The van der Waals surface area contributed by atoms with Crippen LogP contribution in [0.1, 0.15) is 25.6 Å². The Morgan fingerprint density at radius 2 is 2.31 bits per heavy atom. The van der Waals surface area contributed by atoms with Crippen molar-refractivity contribution in [2.45, 2.75) is 38.8 Å². The fourth-order valence-electron chi connectivity index (χ4n) is 2.24. The predicted molar refractivity (Wildman–Crippen MR) is 63.8 cm³/mol. The van der Waals surface area contributed by atoms with Gasteiger partial charge in [0.1, 0.15) is 16.8 Å². The third-order valence-electron chi connectivity index (χ3n) is 2.94. The summed E-state index contributed by atoms with van der Waals surface area (Å²) < 4.78 is 0. The molecule has 0 spiro atoms. The number of aryl methyl sites for hydroxylation is 1. The number of aliphatic hydroxyl groups excluding tert-OH is 1. The van der Waals surface area contributed by atoms with Crippen LogP contribution in [0.25, 0.3) is 0 Å². The standard InChI is InChI=1S/C11H16ClN3O/c1-7(16)9-4-3-5-15(9)11-6-10(12)13-8(2)14-11/h6-7,9,16H,3-5H2,1-2H3/t7?,9-/m1/s1. The highest BCUT2D eigenvalue weighted by molar-refractivity contribution is 6.29. The lowest BCUT2D eigenvalue weighted by Crippen LogP contribution is -2.38. The molecule has 0 radical (unpaired) electrons. The van der Waals surface area contributed by atoms with Crippen molar-refractivity contribution in [1.29, 1.82) is 0 Å². The van der Waals surface area contributed by atoms with Crippen LogP contribution in [0, 0.1) is 6.92 Å². The van der Waals surface area contributed by atoms with Crippen molar-refractivity contribution >= 4 is 17.4 Å². The first-order valence-electron chi connectivity index (χ1n) is 5.54. The van der Waals surface area contributed by atoms with Crippen LogP contribution in [0.3, 0.4) is 0 Å². The number of hydrogen-bond donors (Lipinski definition) is 1. The molecule has 16 heavy (non-hydrogen) atoms. The molecule has 0 saturated carbocycles. The van der Waals surface area contributed by atoms with Gasteiger partial charge in [-0.1, -0.05) is 11.6 Å². The summed E-state index contributed by atoms with van der Waals surface area (Å²) in [5, 5.41) is 10.2. The van der Waals surface area contributed by atoms with Gasteiger partial charge < -0.3 is 10.0 Å². The van der Waals surface area contributed by atoms with E-state index in [-0.39, 0.29) is 12.1 Å². The van der Waals surface area contributed by atoms with Crippen molar-refractivity contribution in [3.63, 3.8) is 0 Å². The lowest BCUT2D eigenvalue weighted by molar-refractivity contribution is 0.164. The topological polar surface area (TPSA) is 49.2 Å². The highest BCUT2D eigenvalue weighted by Crippen LogP contribution is 2.27. The van der Waals surface area contributed by atoms with E-state index in [9.17, 15) is 5.11 Å². The molecule has 2 rings (SSSR count). The molecule has 1 aromatic heterocycles. The fraction of sp³-hybridized carbons (Fsp3) is 0.636. The quantitative estimate of drug-likeness (QED) is 0.802. The first-order valence-corrected chi connectivity index (χ1v) is 5.91. The van der Waals surface area contributed by atoms with Crippen molar-refractivity contribution < 1.29 is 5.11 Å². The first-order chi connectivity index (χ1) is 7.58. The number of hydrogen-bond acceptors (Lipinski definition) is 4. The van der Waals surface area contributed by atoms with Crippen molar-refractivity contribution in [1.82, 2.24) is 9.97 Å². The van der Waals surface area contributed by atoms with Gasteiger partial charge in [0, 0.05) is 12.6 Å². The number of anilines is 1. The third kappa shape index (κ3) is 2.28. The molecule has 0 aliphatic carbocycles. The summed E-state index contributed by atoms with van der Waals surface area (Å²) in [4.78, 5) is 10.5. The van der Waals surface area contributed by atoms with Crippen LogP contribution in [0.15, 0.2) is 6.07 Å². The van der Waals surface area contributed by atoms with Crippen LogP contribution in [0.2, 0.25) is 5.15 Å². The van der Waals surface area contributed by atoms with E-state index in [1.165, 1.54) is 0 Å². The first kappa shape index (κ1) is 11.6. The van der Waals surface area contributed by atoms with Gasteiger partial charge in [0.2, 0.25) is 0 Å². The van der Waals surface area contributed by atoms with E-state index in [2.05, 4.69) is 14.9 Å². The Morgan fingerprint density at radius 1 is 1.56 bits per heavy atom. The summed E-state index contributed by atoms with van der Waals surface area (Å²) >= 11 is 5.92. The average molecular weight is 242 g/mol. The molecule has 1 unspecified atom stereocenters. The molecular formula is C11H16ClN3O. The average Bonchev–Trinajstić information content (AvgIpc) is 2.63. The lowest BCUT2D eigenvalue weighted by Gasteiger charge is -2.27. The molecular weight excluding hydrogens is 226 g/mol. The molecule has 1 aromatic rings. The van der Waals surface area contributed by atoms with E-state index >= 15 is 0 Å². The number of nitrogens with zero attached hydrogens (tertiary/aromatic N) is 3. The monoisotopic (exact) mass is 241 g/mol. The third-order valence-corrected chi connectivity index (χ3v) is 3.14. The van der Waals surface area contributed by atoms with Crippen LogP contribution in [-0.2, 0) is 0 Å². The maximum Gasteiger partial charge on any atom is 0.134 e. The van der Waals surface area contributed by atoms with Gasteiger partial charge in [-0.05, 0) is 26.7 Å². The molecule has 88 valence electrons. The van der Waals surface area contributed by atoms with Crippen LogP contribution >= 0.6 is 11.6 Å². The minimum atomic E-state index is -0.350. The number of halogens is 1. The van der Waals surface area contributed by atoms with Crippen molar-refractivity contribution in [2.24, 2.45) is 0 Å². The summed E-state index contributed by atoms with van der Waals surface area (Å²) in [6, 6.07) is 1.90. The predicted octanol–water partition coefficient (Wildman–Crippen LogP) is 1.79. The molecule has 1 saturated heterocycles. The molecule has 2 atom stereocenters. The van der Waals surface area contributed by atoms with Gasteiger partial charge in [0.25, 0.3) is 0 Å². The minimum absolute atomic E-state index is 0.144. The van der Waals surface area contributed by atoms with Crippen molar-refractivity contribution in [3.05, 3.63) is 17.0 Å². The molecule has 0 bridgehead atoms. The zero-order valence-corrected chi connectivity index (χ0v) is 10.3. The van der Waals surface area contributed by atoms with E-state index < -0.39 is 0 Å². The lowest BCUT2D eigenvalue weighted by atomic mass is 10.1. The largest absolute Gasteiger partial charge is 0.391 e. The highest BCUT2D eigenvalue weighted by Gasteiger charge is 2.29. The highest BCUT2D eigenvalue weighted by atomic mass is 35.5. The van der Waals surface area contributed by atoms with E-state index in [0.29, 0.717) is 11.0 Å². The van der Waals surface area contributed by atoms with Crippen LogP contribution < -0.4 is 4.90 Å². The Hall–Kier alpha value is -0.870. The second-order valence-corrected chi connectivity index (χ2v) is 4.63. The minimum Gasteiger partial charge on any atom is -0.391 e. The number of aliphatic hydroxyl groups is 1. The molecule has 5 heteroatoms. The molecule has 1 aliphatic heterocycles. The summed E-state index contributed by atoms with van der Waals surface area (Å²) in [6.07, 6.45) is 1.73. The van der Waals surface area contributed by atoms with Gasteiger partial charge in [0.05, 0.1) is 12.1 Å². The molecule has 1 aliphatic rings. The number of rotatable bonds is 2. The van der Waals surface area contributed by atoms with E-state index in [1.807, 2.05) is 13.8 Å². The van der Waals surface area contributed by atoms with Gasteiger partial charge in [-0.25, -0.2) is 9.97 Å². The Balaban J connectivity index is 2.29. The zero-order valence-electron chi connectivity index (χ0n) is 9.52. The van der Waals surface area contributed by atoms with Crippen LogP contribution in [0.5, 0.6) is 0 Å². The SMILES string of the molecule is Cc1nc(Cl)cc(N2CCC[C@@H]2C(C)O)n1. The van der Waals surface area contributed by atoms with Crippen molar-refractivity contribution in [2.75, 3.05) is 11.4 Å². The number of aromatic nitrogens is 2. The van der Waals surface area contributed by atoms with Gasteiger partial charge in [-0.15, -0.1) is 0 Å². The fourth-order valence-corrected chi connectivity index (χ4v) is 2.46. The van der Waals surface area contributed by atoms with Crippen LogP contribution in [-0.4, -0.2) is 33.8 Å². The second-order valence-electron chi connectivity index (χ2n) is 4.24. The molecule has 0 aromatic carbocycles. The smallest absolute Gasteiger partial charge is 0.134 e. The molecule has 4 nitrogen and oxygen atoms in total.